The zero-order chi connectivity index (χ0) is 26.5. The van der Waals surface area contributed by atoms with Crippen molar-refractivity contribution < 1.29 is 29.1 Å². The zero-order valence-electron chi connectivity index (χ0n) is 20.2. The van der Waals surface area contributed by atoms with E-state index >= 15 is 0 Å². The summed E-state index contributed by atoms with van der Waals surface area (Å²) in [6, 6.07) is -4.10. The Morgan fingerprint density at radius 3 is 2.23 bits per heavy atom. The van der Waals surface area contributed by atoms with Gasteiger partial charge in [-0.2, -0.15) is 0 Å². The predicted octanol–water partition coefficient (Wildman–Crippen LogP) is -2.75. The SMILES string of the molecule is CCC(C)C(NC(=O)C1CCCN1)C(=O)NC(CC(N)=O)C(=O)NC(CCCN=C(N)N)C(=O)O. The molecule has 5 atom stereocenters. The summed E-state index contributed by atoms with van der Waals surface area (Å²) < 4.78 is 0. The summed E-state index contributed by atoms with van der Waals surface area (Å²) in [6.45, 7) is 4.48. The highest BCUT2D eigenvalue weighted by Crippen LogP contribution is 2.12. The fourth-order valence-corrected chi connectivity index (χ4v) is 3.57. The molecule has 0 aromatic carbocycles. The molecule has 1 aliphatic heterocycles. The van der Waals surface area contributed by atoms with Crippen molar-refractivity contribution in [1.82, 2.24) is 21.3 Å². The number of aliphatic imine (C=N–C) groups is 1. The van der Waals surface area contributed by atoms with Gasteiger partial charge in [-0.25, -0.2) is 4.79 Å². The van der Waals surface area contributed by atoms with E-state index in [0.29, 0.717) is 19.4 Å². The van der Waals surface area contributed by atoms with E-state index in [1.807, 2.05) is 6.92 Å². The Kier molecular flexibility index (Phi) is 12.5. The standard InChI is InChI=1S/C21H38N8O6/c1-3-11(2)16(29-17(31)12-6-4-8-25-12)19(33)28-14(10-15(22)30)18(32)27-13(20(34)35)7-5-9-26-21(23)24/h11-14,16,25H,3-10H2,1-2H3,(H2,22,30)(H,27,32)(H,28,33)(H,29,31)(H,34,35)(H4,23,24,26). The van der Waals surface area contributed by atoms with Crippen molar-refractivity contribution >= 4 is 35.6 Å². The van der Waals surface area contributed by atoms with Gasteiger partial charge < -0.3 is 43.6 Å². The minimum atomic E-state index is -1.42. The highest BCUT2D eigenvalue weighted by Gasteiger charge is 2.34. The second-order valence-electron chi connectivity index (χ2n) is 8.60. The van der Waals surface area contributed by atoms with Gasteiger partial charge in [0.1, 0.15) is 18.1 Å². The number of carbonyl (C=O) groups excluding carboxylic acids is 4. The van der Waals surface area contributed by atoms with Crippen LogP contribution in [0.25, 0.3) is 0 Å². The molecule has 1 saturated heterocycles. The Hall–Kier alpha value is -3.42. The Morgan fingerprint density at radius 1 is 1.06 bits per heavy atom. The molecule has 0 bridgehead atoms. The molecule has 0 saturated carbocycles. The highest BCUT2D eigenvalue weighted by molar-refractivity contribution is 5.96. The number of aliphatic carboxylic acids is 1. The molecule has 0 aromatic heterocycles. The minimum Gasteiger partial charge on any atom is -0.480 e. The summed E-state index contributed by atoms with van der Waals surface area (Å²) in [4.78, 5) is 65.3. The van der Waals surface area contributed by atoms with Gasteiger partial charge in [0.2, 0.25) is 23.6 Å². The van der Waals surface area contributed by atoms with E-state index < -0.39 is 54.3 Å². The smallest absolute Gasteiger partial charge is 0.326 e. The molecule has 35 heavy (non-hydrogen) atoms. The lowest BCUT2D eigenvalue weighted by Gasteiger charge is -2.27. The van der Waals surface area contributed by atoms with E-state index in [0.717, 1.165) is 6.42 Å². The lowest BCUT2D eigenvalue weighted by atomic mass is 9.97. The zero-order valence-corrected chi connectivity index (χ0v) is 20.2. The number of hydrogen-bond donors (Lipinski definition) is 8. The van der Waals surface area contributed by atoms with E-state index in [-0.39, 0.29) is 37.2 Å². The van der Waals surface area contributed by atoms with Crippen molar-refractivity contribution in [3.63, 3.8) is 0 Å². The number of rotatable bonds is 15. The summed E-state index contributed by atoms with van der Waals surface area (Å²) in [5, 5.41) is 20.0. The lowest BCUT2D eigenvalue weighted by molar-refractivity contribution is -0.142. The number of carbonyl (C=O) groups is 5. The van der Waals surface area contributed by atoms with Crippen LogP contribution in [0.15, 0.2) is 4.99 Å². The molecule has 5 unspecified atom stereocenters. The molecule has 0 aliphatic carbocycles. The van der Waals surface area contributed by atoms with Crippen molar-refractivity contribution in [3.8, 4) is 0 Å². The first kappa shape index (κ1) is 29.6. The van der Waals surface area contributed by atoms with Gasteiger partial charge >= 0.3 is 5.97 Å². The van der Waals surface area contributed by atoms with Crippen molar-refractivity contribution in [2.75, 3.05) is 13.1 Å². The van der Waals surface area contributed by atoms with Crippen LogP contribution < -0.4 is 38.5 Å². The van der Waals surface area contributed by atoms with Crippen LogP contribution in [0.2, 0.25) is 0 Å². The number of amides is 4. The maximum atomic E-state index is 13.1. The number of carboxylic acid groups (broad SMARTS) is 1. The third-order valence-electron chi connectivity index (χ3n) is 5.77. The molecule has 14 nitrogen and oxygen atoms in total. The van der Waals surface area contributed by atoms with Crippen molar-refractivity contribution in [2.45, 2.75) is 76.5 Å². The van der Waals surface area contributed by atoms with Gasteiger partial charge in [-0.15, -0.1) is 0 Å². The van der Waals surface area contributed by atoms with Crippen LogP contribution in [0.3, 0.4) is 0 Å². The molecule has 0 aromatic rings. The molecular formula is C21H38N8O6. The molecule has 14 heteroatoms. The predicted molar refractivity (Wildman–Crippen MR) is 128 cm³/mol. The van der Waals surface area contributed by atoms with Crippen LogP contribution in [-0.4, -0.2) is 77.9 Å². The van der Waals surface area contributed by atoms with E-state index in [1.54, 1.807) is 6.92 Å². The molecule has 1 heterocycles. The first-order valence-electron chi connectivity index (χ1n) is 11.7. The van der Waals surface area contributed by atoms with Gasteiger partial charge in [0.25, 0.3) is 0 Å². The Labute approximate surface area is 204 Å². The van der Waals surface area contributed by atoms with Crippen LogP contribution in [0.5, 0.6) is 0 Å². The van der Waals surface area contributed by atoms with Gasteiger partial charge in [-0.05, 0) is 38.1 Å². The minimum absolute atomic E-state index is 0.00896. The summed E-state index contributed by atoms with van der Waals surface area (Å²) in [5.74, 6) is -4.49. The largest absolute Gasteiger partial charge is 0.480 e. The Morgan fingerprint density at radius 2 is 1.71 bits per heavy atom. The number of primary amides is 1. The van der Waals surface area contributed by atoms with E-state index in [9.17, 15) is 29.1 Å². The Bertz CT molecular complexity index is 795. The van der Waals surface area contributed by atoms with Crippen LogP contribution in [0.1, 0.15) is 52.4 Å². The second-order valence-corrected chi connectivity index (χ2v) is 8.60. The van der Waals surface area contributed by atoms with Crippen molar-refractivity contribution in [1.29, 1.82) is 0 Å². The third kappa shape index (κ3) is 10.6. The van der Waals surface area contributed by atoms with E-state index in [4.69, 9.17) is 17.2 Å². The number of nitrogens with one attached hydrogen (secondary N) is 4. The van der Waals surface area contributed by atoms with Gasteiger partial charge in [0.15, 0.2) is 5.96 Å². The normalized spacial score (nSPS) is 18.4. The first-order valence-corrected chi connectivity index (χ1v) is 11.7. The average molecular weight is 499 g/mol. The summed E-state index contributed by atoms with van der Waals surface area (Å²) >= 11 is 0. The van der Waals surface area contributed by atoms with E-state index in [1.165, 1.54) is 0 Å². The fraction of sp³-hybridized carbons (Fsp3) is 0.714. The number of carboxylic acids is 1. The lowest BCUT2D eigenvalue weighted by Crippen LogP contribution is -2.59. The number of hydrogen-bond acceptors (Lipinski definition) is 7. The van der Waals surface area contributed by atoms with E-state index in [2.05, 4.69) is 26.3 Å². The van der Waals surface area contributed by atoms with Gasteiger partial charge in [0, 0.05) is 6.54 Å². The Balaban J connectivity index is 2.91. The third-order valence-corrected chi connectivity index (χ3v) is 5.77. The van der Waals surface area contributed by atoms with Crippen LogP contribution in [0, 0.1) is 5.92 Å². The van der Waals surface area contributed by atoms with Crippen LogP contribution in [0.4, 0.5) is 0 Å². The van der Waals surface area contributed by atoms with Crippen molar-refractivity contribution in [2.24, 2.45) is 28.1 Å². The molecule has 4 amide bonds. The van der Waals surface area contributed by atoms with Crippen LogP contribution >= 0.6 is 0 Å². The molecule has 198 valence electrons. The maximum Gasteiger partial charge on any atom is 0.326 e. The first-order chi connectivity index (χ1) is 16.5. The van der Waals surface area contributed by atoms with Crippen LogP contribution in [-0.2, 0) is 24.0 Å². The number of nitrogens with zero attached hydrogens (tertiary/aromatic N) is 1. The highest BCUT2D eigenvalue weighted by atomic mass is 16.4. The topological polar surface area (TPSA) is 244 Å². The monoisotopic (exact) mass is 498 g/mol. The summed E-state index contributed by atoms with van der Waals surface area (Å²) in [6.07, 6.45) is 1.76. The molecule has 0 spiro atoms. The molecular weight excluding hydrogens is 460 g/mol. The van der Waals surface area contributed by atoms with Gasteiger partial charge in [-0.1, -0.05) is 20.3 Å². The summed E-state index contributed by atoms with van der Waals surface area (Å²) in [5.41, 5.74) is 15.7. The summed E-state index contributed by atoms with van der Waals surface area (Å²) in [7, 11) is 0. The number of guanidine groups is 1. The van der Waals surface area contributed by atoms with Crippen molar-refractivity contribution in [3.05, 3.63) is 0 Å². The molecule has 1 fully saturated rings. The quantitative estimate of drug-likeness (QED) is 0.0661. The molecule has 1 rings (SSSR count). The molecule has 11 N–H and O–H groups in total. The number of nitrogens with two attached hydrogens (primary N) is 3. The molecule has 0 radical (unpaired) electrons. The fourth-order valence-electron chi connectivity index (χ4n) is 3.57. The second kappa shape index (κ2) is 14.8. The molecule has 1 aliphatic rings. The maximum absolute atomic E-state index is 13.1. The van der Waals surface area contributed by atoms with Gasteiger partial charge in [-0.3, -0.25) is 24.2 Å². The average Bonchev–Trinajstić information content (AvgIpc) is 3.32. The van der Waals surface area contributed by atoms with Gasteiger partial charge in [0.05, 0.1) is 12.5 Å².